The summed E-state index contributed by atoms with van der Waals surface area (Å²) >= 11 is 3.57. The lowest BCUT2D eigenvalue weighted by Crippen LogP contribution is -2.15. The minimum atomic E-state index is 0.368. The fourth-order valence-electron chi connectivity index (χ4n) is 1.85. The molecular weight excluding hydrogens is 322 g/mol. The van der Waals surface area contributed by atoms with Gasteiger partial charge in [-0.15, -0.1) is 0 Å². The quantitative estimate of drug-likeness (QED) is 0.877. The first kappa shape index (κ1) is 13.6. The van der Waals surface area contributed by atoms with E-state index in [1.165, 1.54) is 18.4 Å². The van der Waals surface area contributed by atoms with E-state index in [1.54, 1.807) is 0 Å². The molecule has 0 bridgehead atoms. The fraction of sp³-hybridized carbons (Fsp3) is 0.429. The van der Waals surface area contributed by atoms with Crippen molar-refractivity contribution in [1.82, 2.24) is 15.6 Å². The molecule has 1 aliphatic carbocycles. The molecule has 20 heavy (non-hydrogen) atoms. The number of halogens is 1. The number of aromatic nitrogens is 2. The minimum absolute atomic E-state index is 0.368. The van der Waals surface area contributed by atoms with Crippen LogP contribution in [0.4, 0.5) is 0 Å². The van der Waals surface area contributed by atoms with Crippen LogP contribution in [0.3, 0.4) is 0 Å². The van der Waals surface area contributed by atoms with Crippen LogP contribution in [-0.4, -0.2) is 16.4 Å². The van der Waals surface area contributed by atoms with Crippen molar-refractivity contribution in [1.29, 1.82) is 0 Å². The fourth-order valence-corrected chi connectivity index (χ4v) is 2.24. The second-order valence-corrected chi connectivity index (χ2v) is 5.85. The molecule has 6 heteroatoms. The topological polar surface area (TPSA) is 60.2 Å². The summed E-state index contributed by atoms with van der Waals surface area (Å²) in [5.41, 5.74) is 2.69. The van der Waals surface area contributed by atoms with Gasteiger partial charge in [0.15, 0.2) is 0 Å². The number of nitrogens with zero attached hydrogens (tertiary/aromatic N) is 2. The minimum Gasteiger partial charge on any atom is -0.487 e. The first-order valence-corrected chi connectivity index (χ1v) is 7.44. The Hall–Kier alpha value is -1.40. The van der Waals surface area contributed by atoms with Crippen LogP contribution in [0.2, 0.25) is 0 Å². The van der Waals surface area contributed by atoms with Gasteiger partial charge in [0.05, 0.1) is 0 Å². The Kier molecular flexibility index (Phi) is 4.03. The van der Waals surface area contributed by atoms with Crippen molar-refractivity contribution in [3.63, 3.8) is 0 Å². The lowest BCUT2D eigenvalue weighted by atomic mass is 10.2. The van der Waals surface area contributed by atoms with E-state index in [0.29, 0.717) is 12.6 Å². The SMILES string of the molecule is Cc1nonc1COc1ccc(Br)c(CNC2CC2)c1. The van der Waals surface area contributed by atoms with Crippen LogP contribution in [0.5, 0.6) is 5.75 Å². The molecule has 0 aliphatic heterocycles. The maximum Gasteiger partial charge on any atom is 0.145 e. The Balaban J connectivity index is 1.63. The van der Waals surface area contributed by atoms with E-state index < -0.39 is 0 Å². The number of rotatable bonds is 6. The van der Waals surface area contributed by atoms with Crippen molar-refractivity contribution in [2.75, 3.05) is 0 Å². The van der Waals surface area contributed by atoms with Gasteiger partial charge in [-0.1, -0.05) is 26.2 Å². The normalized spacial score (nSPS) is 14.5. The summed E-state index contributed by atoms with van der Waals surface area (Å²) in [5.74, 6) is 0.822. The summed E-state index contributed by atoms with van der Waals surface area (Å²) in [6, 6.07) is 6.68. The second kappa shape index (κ2) is 5.93. The highest BCUT2D eigenvalue weighted by atomic mass is 79.9. The third-order valence-corrected chi connectivity index (χ3v) is 4.07. The van der Waals surface area contributed by atoms with Crippen LogP contribution in [0.15, 0.2) is 27.3 Å². The van der Waals surface area contributed by atoms with Crippen LogP contribution in [0.1, 0.15) is 29.8 Å². The lowest BCUT2D eigenvalue weighted by molar-refractivity contribution is 0.270. The zero-order valence-corrected chi connectivity index (χ0v) is 12.8. The van der Waals surface area contributed by atoms with Crippen LogP contribution in [0.25, 0.3) is 0 Å². The molecule has 106 valence electrons. The number of hydrogen-bond donors (Lipinski definition) is 1. The summed E-state index contributed by atoms with van der Waals surface area (Å²) < 4.78 is 11.5. The number of ether oxygens (including phenoxy) is 1. The Bertz CT molecular complexity index is 596. The average molecular weight is 338 g/mol. The molecular formula is C14H16BrN3O2. The smallest absolute Gasteiger partial charge is 0.145 e. The summed E-state index contributed by atoms with van der Waals surface area (Å²) in [6.07, 6.45) is 2.57. The summed E-state index contributed by atoms with van der Waals surface area (Å²) in [5, 5.41) is 11.0. The molecule has 1 aromatic heterocycles. The Labute approximate surface area is 125 Å². The summed E-state index contributed by atoms with van der Waals surface area (Å²) in [4.78, 5) is 0. The maximum absolute atomic E-state index is 5.74. The molecule has 1 heterocycles. The van der Waals surface area contributed by atoms with Gasteiger partial charge in [-0.3, -0.25) is 0 Å². The molecule has 1 aliphatic rings. The summed E-state index contributed by atoms with van der Waals surface area (Å²) in [6.45, 7) is 3.07. The predicted molar refractivity (Wildman–Crippen MR) is 77.4 cm³/mol. The van der Waals surface area contributed by atoms with Gasteiger partial charge in [-0.05, 0) is 43.5 Å². The molecule has 3 rings (SSSR count). The maximum atomic E-state index is 5.74. The monoisotopic (exact) mass is 337 g/mol. The molecule has 0 radical (unpaired) electrons. The molecule has 0 atom stereocenters. The summed E-state index contributed by atoms with van der Waals surface area (Å²) in [7, 11) is 0. The highest BCUT2D eigenvalue weighted by Crippen LogP contribution is 2.25. The van der Waals surface area contributed by atoms with Crippen molar-refractivity contribution < 1.29 is 9.37 Å². The third kappa shape index (κ3) is 3.37. The largest absolute Gasteiger partial charge is 0.487 e. The lowest BCUT2D eigenvalue weighted by Gasteiger charge is -2.09. The van der Waals surface area contributed by atoms with E-state index in [2.05, 4.69) is 36.2 Å². The molecule has 0 spiro atoms. The number of nitrogens with one attached hydrogen (secondary N) is 1. The molecule has 1 fully saturated rings. The van der Waals surface area contributed by atoms with E-state index >= 15 is 0 Å². The van der Waals surface area contributed by atoms with Crippen molar-refractivity contribution in [3.8, 4) is 5.75 Å². The van der Waals surface area contributed by atoms with Gasteiger partial charge in [0.1, 0.15) is 23.7 Å². The predicted octanol–water partition coefficient (Wildman–Crippen LogP) is 2.97. The van der Waals surface area contributed by atoms with Gasteiger partial charge in [0.25, 0.3) is 0 Å². The van der Waals surface area contributed by atoms with Gasteiger partial charge < -0.3 is 10.1 Å². The van der Waals surface area contributed by atoms with Crippen molar-refractivity contribution in [3.05, 3.63) is 39.6 Å². The molecule has 1 saturated carbocycles. The molecule has 0 unspecified atom stereocenters. The third-order valence-electron chi connectivity index (χ3n) is 3.30. The van der Waals surface area contributed by atoms with Crippen LogP contribution >= 0.6 is 15.9 Å². The van der Waals surface area contributed by atoms with Crippen molar-refractivity contribution in [2.24, 2.45) is 0 Å². The second-order valence-electron chi connectivity index (χ2n) is 4.99. The highest BCUT2D eigenvalue weighted by molar-refractivity contribution is 9.10. The van der Waals surface area contributed by atoms with Gasteiger partial charge in [-0.2, -0.15) is 0 Å². The number of benzene rings is 1. The molecule has 2 aromatic rings. The first-order valence-electron chi connectivity index (χ1n) is 6.65. The van der Waals surface area contributed by atoms with Crippen LogP contribution in [0, 0.1) is 6.92 Å². The standard InChI is InChI=1S/C14H16BrN3O2/c1-9-14(18-20-17-9)8-19-12-4-5-13(15)10(6-12)7-16-11-2-3-11/h4-6,11,16H,2-3,7-8H2,1H3. The van der Waals surface area contributed by atoms with Crippen LogP contribution < -0.4 is 10.1 Å². The Morgan fingerprint density at radius 1 is 1.40 bits per heavy atom. The first-order chi connectivity index (χ1) is 9.72. The highest BCUT2D eigenvalue weighted by Gasteiger charge is 2.20. The van der Waals surface area contributed by atoms with Crippen molar-refractivity contribution in [2.45, 2.75) is 39.0 Å². The van der Waals surface area contributed by atoms with Gasteiger partial charge in [-0.25, -0.2) is 4.63 Å². The van der Waals surface area contributed by atoms with Gasteiger partial charge in [0.2, 0.25) is 0 Å². The van der Waals surface area contributed by atoms with Gasteiger partial charge in [0, 0.05) is 17.1 Å². The molecule has 0 amide bonds. The van der Waals surface area contributed by atoms with E-state index in [4.69, 9.17) is 4.74 Å². The van der Waals surface area contributed by atoms with E-state index in [0.717, 1.165) is 28.2 Å². The molecule has 1 N–H and O–H groups in total. The zero-order valence-electron chi connectivity index (χ0n) is 11.2. The number of aryl methyl sites for hydroxylation is 1. The zero-order chi connectivity index (χ0) is 13.9. The Morgan fingerprint density at radius 3 is 2.95 bits per heavy atom. The molecule has 1 aromatic carbocycles. The van der Waals surface area contributed by atoms with E-state index in [-0.39, 0.29) is 0 Å². The van der Waals surface area contributed by atoms with Crippen molar-refractivity contribution >= 4 is 15.9 Å². The molecule has 0 saturated heterocycles. The van der Waals surface area contributed by atoms with E-state index in [9.17, 15) is 0 Å². The van der Waals surface area contributed by atoms with Gasteiger partial charge >= 0.3 is 0 Å². The Morgan fingerprint density at radius 2 is 2.25 bits per heavy atom. The number of hydrogen-bond acceptors (Lipinski definition) is 5. The van der Waals surface area contributed by atoms with Crippen LogP contribution in [-0.2, 0) is 13.2 Å². The molecule has 5 nitrogen and oxygen atoms in total. The van der Waals surface area contributed by atoms with E-state index in [1.807, 2.05) is 25.1 Å². The average Bonchev–Trinajstić information content (AvgIpc) is 3.18.